The molecule has 1 amide bonds. The van der Waals surface area contributed by atoms with Gasteiger partial charge < -0.3 is 5.32 Å². The van der Waals surface area contributed by atoms with Gasteiger partial charge in [-0.1, -0.05) is 42.5 Å². The topological polar surface area (TPSA) is 29.1 Å². The minimum absolute atomic E-state index is 0.102. The van der Waals surface area contributed by atoms with Gasteiger partial charge in [-0.2, -0.15) is 0 Å². The normalized spacial score (nSPS) is 10.4. The molecule has 0 aromatic heterocycles. The number of carbonyl (C=O) groups is 1. The van der Waals surface area contributed by atoms with Gasteiger partial charge in [0.2, 0.25) is 5.91 Å². The Hall–Kier alpha value is -2.16. The average molecular weight is 299 g/mol. The molecule has 0 atom stereocenters. The minimum Gasteiger partial charge on any atom is -0.356 e. The first kappa shape index (κ1) is 16.2. The van der Waals surface area contributed by atoms with E-state index in [0.717, 1.165) is 31.2 Å². The Morgan fingerprint density at radius 1 is 0.864 bits per heavy atom. The van der Waals surface area contributed by atoms with E-state index >= 15 is 0 Å². The van der Waals surface area contributed by atoms with Gasteiger partial charge in [0, 0.05) is 13.0 Å². The van der Waals surface area contributed by atoms with Crippen LogP contribution in [0.25, 0.3) is 0 Å². The third-order valence-electron chi connectivity index (χ3n) is 3.61. The van der Waals surface area contributed by atoms with E-state index in [4.69, 9.17) is 0 Å². The van der Waals surface area contributed by atoms with Crippen molar-refractivity contribution >= 4 is 5.91 Å². The lowest BCUT2D eigenvalue weighted by atomic mass is 10.1. The summed E-state index contributed by atoms with van der Waals surface area (Å²) in [5.41, 5.74) is 2.32. The quantitative estimate of drug-likeness (QED) is 0.736. The van der Waals surface area contributed by atoms with Gasteiger partial charge in [0.05, 0.1) is 0 Å². The Morgan fingerprint density at radius 2 is 1.55 bits per heavy atom. The van der Waals surface area contributed by atoms with Crippen LogP contribution in [0.3, 0.4) is 0 Å². The van der Waals surface area contributed by atoms with Gasteiger partial charge >= 0.3 is 0 Å². The molecule has 0 saturated heterocycles. The van der Waals surface area contributed by atoms with Crippen molar-refractivity contribution in [2.75, 3.05) is 6.54 Å². The third-order valence-corrected chi connectivity index (χ3v) is 3.61. The molecule has 0 heterocycles. The number of unbranched alkanes of at least 4 members (excludes halogenated alkanes) is 1. The van der Waals surface area contributed by atoms with Crippen LogP contribution in [-0.4, -0.2) is 12.5 Å². The van der Waals surface area contributed by atoms with E-state index in [9.17, 15) is 9.18 Å². The number of nitrogens with one attached hydrogen (secondary N) is 1. The van der Waals surface area contributed by atoms with Crippen LogP contribution in [0, 0.1) is 5.82 Å². The van der Waals surface area contributed by atoms with Crippen molar-refractivity contribution in [3.8, 4) is 0 Å². The van der Waals surface area contributed by atoms with Gasteiger partial charge in [-0.25, -0.2) is 4.39 Å². The number of amides is 1. The molecule has 3 heteroatoms. The zero-order valence-corrected chi connectivity index (χ0v) is 12.7. The maximum atomic E-state index is 12.8. The molecule has 0 aliphatic rings. The Morgan fingerprint density at radius 3 is 2.27 bits per heavy atom. The first-order valence-corrected chi connectivity index (χ1v) is 7.79. The lowest BCUT2D eigenvalue weighted by molar-refractivity contribution is -0.121. The summed E-state index contributed by atoms with van der Waals surface area (Å²) < 4.78 is 12.8. The maximum absolute atomic E-state index is 12.8. The molecular weight excluding hydrogens is 277 g/mol. The second-order valence-electron chi connectivity index (χ2n) is 5.42. The van der Waals surface area contributed by atoms with Crippen LogP contribution in [0.2, 0.25) is 0 Å². The van der Waals surface area contributed by atoms with Crippen LogP contribution < -0.4 is 5.32 Å². The molecule has 0 spiro atoms. The number of hydrogen-bond acceptors (Lipinski definition) is 1. The monoisotopic (exact) mass is 299 g/mol. The third kappa shape index (κ3) is 6.08. The number of benzene rings is 2. The molecule has 0 aliphatic heterocycles. The van der Waals surface area contributed by atoms with Gasteiger partial charge in [0.15, 0.2) is 0 Å². The Balaban J connectivity index is 1.54. The van der Waals surface area contributed by atoms with Crippen LogP contribution in [0.15, 0.2) is 54.6 Å². The second kappa shape index (κ2) is 8.98. The van der Waals surface area contributed by atoms with Crippen LogP contribution >= 0.6 is 0 Å². The van der Waals surface area contributed by atoms with E-state index in [2.05, 4.69) is 5.32 Å². The fourth-order valence-corrected chi connectivity index (χ4v) is 2.32. The van der Waals surface area contributed by atoms with E-state index in [1.165, 1.54) is 17.7 Å². The molecule has 2 aromatic rings. The molecule has 22 heavy (non-hydrogen) atoms. The molecule has 0 aliphatic carbocycles. The number of hydrogen-bond donors (Lipinski definition) is 1. The van der Waals surface area contributed by atoms with Crippen LogP contribution in [0.4, 0.5) is 4.39 Å². The molecule has 2 aromatic carbocycles. The molecule has 0 unspecified atom stereocenters. The van der Waals surface area contributed by atoms with Crippen molar-refractivity contribution in [2.24, 2.45) is 0 Å². The van der Waals surface area contributed by atoms with Crippen molar-refractivity contribution in [2.45, 2.75) is 32.1 Å². The lowest BCUT2D eigenvalue weighted by Crippen LogP contribution is -2.24. The number of halogens is 1. The lowest BCUT2D eigenvalue weighted by Gasteiger charge is -2.06. The Labute approximate surface area is 131 Å². The molecule has 0 saturated carbocycles. The van der Waals surface area contributed by atoms with E-state index in [-0.39, 0.29) is 11.7 Å². The van der Waals surface area contributed by atoms with Crippen molar-refractivity contribution in [3.05, 3.63) is 71.5 Å². The van der Waals surface area contributed by atoms with E-state index in [1.54, 1.807) is 0 Å². The Bertz CT molecular complexity index is 566. The SMILES string of the molecule is O=C(CCc1ccccc1)NCCCCc1ccc(F)cc1. The summed E-state index contributed by atoms with van der Waals surface area (Å²) in [6, 6.07) is 16.6. The second-order valence-corrected chi connectivity index (χ2v) is 5.42. The molecule has 0 bridgehead atoms. The minimum atomic E-state index is -0.200. The van der Waals surface area contributed by atoms with Crippen LogP contribution in [0.1, 0.15) is 30.4 Å². The van der Waals surface area contributed by atoms with E-state index in [0.29, 0.717) is 13.0 Å². The smallest absolute Gasteiger partial charge is 0.220 e. The predicted molar refractivity (Wildman–Crippen MR) is 87.1 cm³/mol. The van der Waals surface area contributed by atoms with Crippen LogP contribution in [0.5, 0.6) is 0 Å². The van der Waals surface area contributed by atoms with Gasteiger partial charge in [-0.3, -0.25) is 4.79 Å². The highest BCUT2D eigenvalue weighted by Crippen LogP contribution is 2.06. The zero-order valence-electron chi connectivity index (χ0n) is 12.7. The molecular formula is C19H22FNO. The maximum Gasteiger partial charge on any atom is 0.220 e. The van der Waals surface area contributed by atoms with Crippen molar-refractivity contribution in [1.82, 2.24) is 5.32 Å². The highest BCUT2D eigenvalue weighted by molar-refractivity contribution is 5.76. The first-order valence-electron chi connectivity index (χ1n) is 7.79. The molecule has 0 fully saturated rings. The summed E-state index contributed by atoms with van der Waals surface area (Å²) >= 11 is 0. The fourth-order valence-electron chi connectivity index (χ4n) is 2.32. The largest absolute Gasteiger partial charge is 0.356 e. The number of rotatable bonds is 8. The van der Waals surface area contributed by atoms with E-state index in [1.807, 2.05) is 42.5 Å². The molecule has 1 N–H and O–H groups in total. The van der Waals surface area contributed by atoms with Gasteiger partial charge in [-0.05, 0) is 48.9 Å². The highest BCUT2D eigenvalue weighted by atomic mass is 19.1. The highest BCUT2D eigenvalue weighted by Gasteiger charge is 2.01. The average Bonchev–Trinajstić information content (AvgIpc) is 2.55. The molecule has 116 valence electrons. The predicted octanol–water partition coefficient (Wildman–Crippen LogP) is 3.90. The van der Waals surface area contributed by atoms with Crippen LogP contribution in [-0.2, 0) is 17.6 Å². The van der Waals surface area contributed by atoms with Crippen molar-refractivity contribution < 1.29 is 9.18 Å². The summed E-state index contributed by atoms with van der Waals surface area (Å²) in [6.45, 7) is 0.703. The van der Waals surface area contributed by atoms with Gasteiger partial charge in [0.25, 0.3) is 0 Å². The summed E-state index contributed by atoms with van der Waals surface area (Å²) in [5, 5.41) is 2.95. The van der Waals surface area contributed by atoms with Gasteiger partial charge in [-0.15, -0.1) is 0 Å². The molecule has 0 radical (unpaired) electrons. The standard InChI is InChI=1S/C19H22FNO/c20-18-12-9-17(10-13-18)8-4-5-15-21-19(22)14-11-16-6-2-1-3-7-16/h1-3,6-7,9-10,12-13H,4-5,8,11,14-15H2,(H,21,22). The molecule has 2 rings (SSSR count). The number of carbonyl (C=O) groups excluding carboxylic acids is 1. The first-order chi connectivity index (χ1) is 10.7. The van der Waals surface area contributed by atoms with Gasteiger partial charge in [0.1, 0.15) is 5.82 Å². The number of aryl methyl sites for hydroxylation is 2. The van der Waals surface area contributed by atoms with Crippen molar-refractivity contribution in [1.29, 1.82) is 0 Å². The Kier molecular flexibility index (Phi) is 6.62. The summed E-state index contributed by atoms with van der Waals surface area (Å²) in [6.07, 6.45) is 4.16. The van der Waals surface area contributed by atoms with E-state index < -0.39 is 0 Å². The molecule has 2 nitrogen and oxygen atoms in total. The van der Waals surface area contributed by atoms with Crippen molar-refractivity contribution in [3.63, 3.8) is 0 Å². The summed E-state index contributed by atoms with van der Waals surface area (Å²) in [7, 11) is 0. The zero-order chi connectivity index (χ0) is 15.6. The fraction of sp³-hybridized carbons (Fsp3) is 0.316. The summed E-state index contributed by atoms with van der Waals surface area (Å²) in [5.74, 6) is -0.0972. The summed E-state index contributed by atoms with van der Waals surface area (Å²) in [4.78, 5) is 11.7.